The third kappa shape index (κ3) is 5.31. The molecule has 3 aromatic rings. The molecule has 0 aliphatic carbocycles. The summed E-state index contributed by atoms with van der Waals surface area (Å²) in [7, 11) is 3.41. The fraction of sp³-hybridized carbons (Fsp3) is 0.304. The van der Waals surface area contributed by atoms with E-state index in [1.165, 1.54) is 0 Å². The topological polar surface area (TPSA) is 100 Å². The number of unbranched alkanes of at least 4 members (excludes halogenated alkanes) is 2. The smallest absolute Gasteiger partial charge is 0.270 e. The predicted octanol–water partition coefficient (Wildman–Crippen LogP) is 4.03. The molecule has 1 heterocycles. The largest absolute Gasteiger partial charge is 0.497 e. The van der Waals surface area contributed by atoms with Gasteiger partial charge in [-0.05, 0) is 49.2 Å². The Bertz CT molecular complexity index is 1030. The quantitative estimate of drug-likeness (QED) is 0.368. The molecule has 158 valence electrons. The molecule has 3 rings (SSSR count). The average Bonchev–Trinajstić information content (AvgIpc) is 3.17. The van der Waals surface area contributed by atoms with Gasteiger partial charge in [-0.1, -0.05) is 18.6 Å². The number of ether oxygens (including phenoxy) is 1. The normalized spacial score (nSPS) is 10.7. The first-order chi connectivity index (χ1) is 14.5. The van der Waals surface area contributed by atoms with Crippen LogP contribution in [0.1, 0.15) is 36.2 Å². The fourth-order valence-electron chi connectivity index (χ4n) is 3.29. The van der Waals surface area contributed by atoms with Crippen molar-refractivity contribution in [1.82, 2.24) is 9.88 Å². The van der Waals surface area contributed by atoms with Crippen molar-refractivity contribution in [2.75, 3.05) is 31.8 Å². The molecule has 2 amide bonds. The second-order valence-electron chi connectivity index (χ2n) is 7.31. The summed E-state index contributed by atoms with van der Waals surface area (Å²) < 4.78 is 5.23. The van der Waals surface area contributed by atoms with E-state index in [2.05, 4.69) is 10.3 Å². The molecule has 2 aromatic carbocycles. The SMILES string of the molecule is COc1ccc2[nH]c(C(=O)N(C)CCCCCC(=O)Nc3ccccc3N)cc2c1. The van der Waals surface area contributed by atoms with Crippen LogP contribution in [-0.2, 0) is 4.79 Å². The Morgan fingerprint density at radius 1 is 1.10 bits per heavy atom. The van der Waals surface area contributed by atoms with Gasteiger partial charge in [-0.15, -0.1) is 0 Å². The summed E-state index contributed by atoms with van der Waals surface area (Å²) in [5, 5.41) is 3.77. The number of carbonyl (C=O) groups excluding carboxylic acids is 2. The Kier molecular flexibility index (Phi) is 6.95. The molecule has 0 atom stereocenters. The third-order valence-electron chi connectivity index (χ3n) is 5.04. The lowest BCUT2D eigenvalue weighted by atomic mass is 10.1. The van der Waals surface area contributed by atoms with Gasteiger partial charge in [0.05, 0.1) is 18.5 Å². The highest BCUT2D eigenvalue weighted by atomic mass is 16.5. The minimum absolute atomic E-state index is 0.0502. The minimum atomic E-state index is -0.0533. The van der Waals surface area contributed by atoms with Gasteiger partial charge in [0.1, 0.15) is 11.4 Å². The van der Waals surface area contributed by atoms with Crippen LogP contribution < -0.4 is 15.8 Å². The Balaban J connectivity index is 1.41. The molecule has 0 saturated heterocycles. The van der Waals surface area contributed by atoms with Crippen LogP contribution in [0.15, 0.2) is 48.5 Å². The summed E-state index contributed by atoms with van der Waals surface area (Å²) >= 11 is 0. The van der Waals surface area contributed by atoms with Gasteiger partial charge in [0.25, 0.3) is 5.91 Å². The maximum absolute atomic E-state index is 12.7. The molecule has 1 aromatic heterocycles. The molecular formula is C23H28N4O3. The van der Waals surface area contributed by atoms with Crippen molar-refractivity contribution in [2.45, 2.75) is 25.7 Å². The van der Waals surface area contributed by atoms with Crippen LogP contribution in [0, 0.1) is 0 Å². The van der Waals surface area contributed by atoms with Gasteiger partial charge >= 0.3 is 0 Å². The second-order valence-corrected chi connectivity index (χ2v) is 7.31. The summed E-state index contributed by atoms with van der Waals surface area (Å²) in [5.74, 6) is 0.654. The summed E-state index contributed by atoms with van der Waals surface area (Å²) in [4.78, 5) is 29.6. The van der Waals surface area contributed by atoms with Crippen LogP contribution in [0.25, 0.3) is 10.9 Å². The highest BCUT2D eigenvalue weighted by molar-refractivity contribution is 5.98. The van der Waals surface area contributed by atoms with Crippen LogP contribution >= 0.6 is 0 Å². The number of benzene rings is 2. The fourth-order valence-corrected chi connectivity index (χ4v) is 3.29. The van der Waals surface area contributed by atoms with E-state index < -0.39 is 0 Å². The number of fused-ring (bicyclic) bond motifs is 1. The first-order valence-corrected chi connectivity index (χ1v) is 10.0. The first-order valence-electron chi connectivity index (χ1n) is 10.0. The highest BCUT2D eigenvalue weighted by Gasteiger charge is 2.14. The molecule has 0 aliphatic heterocycles. The van der Waals surface area contributed by atoms with E-state index in [9.17, 15) is 9.59 Å². The number of carbonyl (C=O) groups is 2. The number of rotatable bonds is 9. The summed E-state index contributed by atoms with van der Waals surface area (Å²) in [6, 6.07) is 14.7. The van der Waals surface area contributed by atoms with E-state index in [4.69, 9.17) is 10.5 Å². The van der Waals surface area contributed by atoms with E-state index in [1.807, 2.05) is 36.4 Å². The van der Waals surface area contributed by atoms with Crippen LogP contribution in [0.3, 0.4) is 0 Å². The zero-order chi connectivity index (χ0) is 21.5. The number of nitrogen functional groups attached to an aromatic ring is 1. The maximum Gasteiger partial charge on any atom is 0.270 e. The molecular weight excluding hydrogens is 380 g/mol. The summed E-state index contributed by atoms with van der Waals surface area (Å²) in [6.45, 7) is 0.630. The van der Waals surface area contributed by atoms with Crippen molar-refractivity contribution >= 4 is 34.1 Å². The van der Waals surface area contributed by atoms with Crippen LogP contribution in [0.4, 0.5) is 11.4 Å². The predicted molar refractivity (Wildman–Crippen MR) is 120 cm³/mol. The zero-order valence-corrected chi connectivity index (χ0v) is 17.4. The molecule has 0 fully saturated rings. The number of hydrogen-bond donors (Lipinski definition) is 3. The number of hydrogen-bond acceptors (Lipinski definition) is 4. The summed E-state index contributed by atoms with van der Waals surface area (Å²) in [5.41, 5.74) is 8.49. The standard InChI is InChI=1S/C23H28N4O3/c1-27(23(29)21-15-16-14-17(30-2)11-12-19(16)25-21)13-7-3-4-10-22(28)26-20-9-6-5-8-18(20)24/h5-6,8-9,11-12,14-15,25H,3-4,7,10,13,24H2,1-2H3,(H,26,28). The number of H-pyrrole nitrogens is 1. The number of nitrogens with two attached hydrogens (primary N) is 1. The number of nitrogens with one attached hydrogen (secondary N) is 2. The molecule has 0 aliphatic rings. The molecule has 4 N–H and O–H groups in total. The lowest BCUT2D eigenvalue weighted by Gasteiger charge is -2.16. The first kappa shape index (κ1) is 21.2. The Labute approximate surface area is 176 Å². The Morgan fingerprint density at radius 2 is 1.90 bits per heavy atom. The van der Waals surface area contributed by atoms with E-state index >= 15 is 0 Å². The molecule has 30 heavy (non-hydrogen) atoms. The third-order valence-corrected chi connectivity index (χ3v) is 5.04. The van der Waals surface area contributed by atoms with Crippen molar-refractivity contribution in [3.8, 4) is 5.75 Å². The molecule has 7 nitrogen and oxygen atoms in total. The van der Waals surface area contributed by atoms with Crippen molar-refractivity contribution in [1.29, 1.82) is 0 Å². The monoisotopic (exact) mass is 408 g/mol. The van der Waals surface area contributed by atoms with Crippen molar-refractivity contribution in [3.05, 3.63) is 54.2 Å². The van der Waals surface area contributed by atoms with Gasteiger partial charge in [0.2, 0.25) is 5.91 Å². The molecule has 0 bridgehead atoms. The van der Waals surface area contributed by atoms with Crippen molar-refractivity contribution in [3.63, 3.8) is 0 Å². The van der Waals surface area contributed by atoms with Crippen molar-refractivity contribution < 1.29 is 14.3 Å². The van der Waals surface area contributed by atoms with E-state index in [0.29, 0.717) is 30.0 Å². The average molecular weight is 409 g/mol. The highest BCUT2D eigenvalue weighted by Crippen LogP contribution is 2.22. The van der Waals surface area contributed by atoms with E-state index in [0.717, 1.165) is 35.9 Å². The molecule has 0 spiro atoms. The minimum Gasteiger partial charge on any atom is -0.497 e. The number of para-hydroxylation sites is 2. The number of amides is 2. The maximum atomic E-state index is 12.7. The number of aromatic amines is 1. The number of methoxy groups -OCH3 is 1. The zero-order valence-electron chi connectivity index (χ0n) is 17.4. The van der Waals surface area contributed by atoms with Gasteiger partial charge < -0.3 is 25.7 Å². The molecule has 0 unspecified atom stereocenters. The molecule has 0 saturated carbocycles. The summed E-state index contributed by atoms with van der Waals surface area (Å²) in [6.07, 6.45) is 2.87. The van der Waals surface area contributed by atoms with Gasteiger partial charge in [-0.3, -0.25) is 9.59 Å². The Morgan fingerprint density at radius 3 is 2.67 bits per heavy atom. The van der Waals surface area contributed by atoms with Gasteiger partial charge in [-0.2, -0.15) is 0 Å². The Hall–Kier alpha value is -3.48. The van der Waals surface area contributed by atoms with Crippen LogP contribution in [0.5, 0.6) is 5.75 Å². The lowest BCUT2D eigenvalue weighted by molar-refractivity contribution is -0.116. The van der Waals surface area contributed by atoms with Gasteiger partial charge in [0.15, 0.2) is 0 Å². The molecule has 7 heteroatoms. The van der Waals surface area contributed by atoms with Gasteiger partial charge in [0, 0.05) is 30.9 Å². The molecule has 0 radical (unpaired) electrons. The van der Waals surface area contributed by atoms with E-state index in [-0.39, 0.29) is 11.8 Å². The van der Waals surface area contributed by atoms with E-state index in [1.54, 1.807) is 31.2 Å². The number of aromatic nitrogens is 1. The van der Waals surface area contributed by atoms with Crippen molar-refractivity contribution in [2.24, 2.45) is 0 Å². The van der Waals surface area contributed by atoms with Crippen LogP contribution in [-0.4, -0.2) is 42.4 Å². The number of anilines is 2. The number of nitrogens with zero attached hydrogens (tertiary/aromatic N) is 1. The second kappa shape index (κ2) is 9.82. The lowest BCUT2D eigenvalue weighted by Crippen LogP contribution is -2.28. The van der Waals surface area contributed by atoms with Gasteiger partial charge in [-0.25, -0.2) is 0 Å². The van der Waals surface area contributed by atoms with Crippen LogP contribution in [0.2, 0.25) is 0 Å².